The van der Waals surface area contributed by atoms with Crippen LogP contribution in [0.3, 0.4) is 0 Å². The lowest BCUT2D eigenvalue weighted by Crippen LogP contribution is -2.00. The van der Waals surface area contributed by atoms with E-state index in [1.165, 1.54) is 24.8 Å². The second-order valence-corrected chi connectivity index (χ2v) is 4.97. The summed E-state index contributed by atoms with van der Waals surface area (Å²) in [5.74, 6) is 1.15. The second kappa shape index (κ2) is 7.77. The van der Waals surface area contributed by atoms with E-state index in [4.69, 9.17) is 0 Å². The second-order valence-electron chi connectivity index (χ2n) is 3.66. The van der Waals surface area contributed by atoms with E-state index in [0.29, 0.717) is 0 Å². The highest BCUT2D eigenvalue weighted by Crippen LogP contribution is 2.28. The fraction of sp³-hybridized carbons (Fsp3) is 0.538. The van der Waals surface area contributed by atoms with Gasteiger partial charge in [0, 0.05) is 0 Å². The van der Waals surface area contributed by atoms with Crippen LogP contribution in [0.4, 0.5) is 0 Å². The number of rotatable bonds is 7. The van der Waals surface area contributed by atoms with Gasteiger partial charge in [-0.15, -0.1) is 0 Å². The van der Waals surface area contributed by atoms with Crippen molar-refractivity contribution in [3.8, 4) is 0 Å². The Bertz CT molecular complexity index is 248. The lowest BCUT2D eigenvalue weighted by Gasteiger charge is -2.13. The molecule has 0 bridgehead atoms. The highest BCUT2D eigenvalue weighted by Gasteiger charge is 2.09. The molecule has 0 heterocycles. The Morgan fingerprint density at radius 2 is 1.93 bits per heavy atom. The zero-order valence-corrected chi connectivity index (χ0v) is 10.2. The average molecular weight is 224 g/mol. The van der Waals surface area contributed by atoms with Crippen molar-refractivity contribution in [2.75, 3.05) is 12.4 Å². The molecule has 0 radical (unpaired) electrons. The molecule has 1 aromatic carbocycles. The number of hydrogen-bond acceptors (Lipinski definition) is 2. The maximum atomic E-state index is 9.32. The Balaban J connectivity index is 2.36. The third kappa shape index (κ3) is 4.72. The van der Waals surface area contributed by atoms with Crippen molar-refractivity contribution in [2.24, 2.45) is 0 Å². The van der Waals surface area contributed by atoms with Crippen LogP contribution in [0, 0.1) is 0 Å². The molecule has 0 saturated heterocycles. The third-order valence-electron chi connectivity index (χ3n) is 2.40. The van der Waals surface area contributed by atoms with Crippen molar-refractivity contribution in [1.29, 1.82) is 0 Å². The van der Waals surface area contributed by atoms with E-state index < -0.39 is 0 Å². The number of benzene rings is 1. The molecule has 0 aliphatic heterocycles. The monoisotopic (exact) mass is 224 g/mol. The van der Waals surface area contributed by atoms with Gasteiger partial charge in [0.2, 0.25) is 0 Å². The molecule has 0 aliphatic rings. The number of unbranched alkanes of at least 4 members (excludes halogenated alkanes) is 2. The van der Waals surface area contributed by atoms with Crippen LogP contribution >= 0.6 is 11.8 Å². The van der Waals surface area contributed by atoms with Crippen molar-refractivity contribution in [1.82, 2.24) is 0 Å². The van der Waals surface area contributed by atoms with Gasteiger partial charge in [-0.2, -0.15) is 11.8 Å². The van der Waals surface area contributed by atoms with E-state index in [1.54, 1.807) is 0 Å². The zero-order valence-electron chi connectivity index (χ0n) is 9.36. The van der Waals surface area contributed by atoms with Crippen LogP contribution in [-0.4, -0.2) is 17.5 Å². The predicted octanol–water partition coefficient (Wildman–Crippen LogP) is 3.64. The standard InChI is InChI=1S/C13H20OS/c1-2-3-7-10-15-13(11-14)12-8-5-4-6-9-12/h4-6,8-9,13-14H,2-3,7,10-11H2,1H3. The van der Waals surface area contributed by atoms with Crippen LogP contribution < -0.4 is 0 Å². The van der Waals surface area contributed by atoms with Crippen LogP contribution in [0.5, 0.6) is 0 Å². The van der Waals surface area contributed by atoms with Crippen molar-refractivity contribution < 1.29 is 5.11 Å². The first-order valence-corrected chi connectivity index (χ1v) is 6.70. The van der Waals surface area contributed by atoms with E-state index in [-0.39, 0.29) is 11.9 Å². The number of aliphatic hydroxyl groups excluding tert-OH is 1. The van der Waals surface area contributed by atoms with Crippen LogP contribution in [-0.2, 0) is 0 Å². The molecule has 0 fully saturated rings. The van der Waals surface area contributed by atoms with Crippen LogP contribution in [0.15, 0.2) is 30.3 Å². The highest BCUT2D eigenvalue weighted by atomic mass is 32.2. The van der Waals surface area contributed by atoms with Gasteiger partial charge in [0.15, 0.2) is 0 Å². The fourth-order valence-corrected chi connectivity index (χ4v) is 2.61. The summed E-state index contributed by atoms with van der Waals surface area (Å²) in [5, 5.41) is 9.57. The summed E-state index contributed by atoms with van der Waals surface area (Å²) >= 11 is 1.86. The summed E-state index contributed by atoms with van der Waals surface area (Å²) in [4.78, 5) is 0. The molecule has 84 valence electrons. The summed E-state index contributed by atoms with van der Waals surface area (Å²) in [6, 6.07) is 10.3. The molecule has 0 spiro atoms. The minimum absolute atomic E-state index is 0.237. The topological polar surface area (TPSA) is 20.2 Å². The normalized spacial score (nSPS) is 12.7. The Morgan fingerprint density at radius 1 is 1.20 bits per heavy atom. The minimum atomic E-state index is 0.237. The molecular formula is C13H20OS. The van der Waals surface area contributed by atoms with Crippen molar-refractivity contribution in [2.45, 2.75) is 31.4 Å². The van der Waals surface area contributed by atoms with Gasteiger partial charge in [-0.1, -0.05) is 50.1 Å². The van der Waals surface area contributed by atoms with Gasteiger partial charge < -0.3 is 5.11 Å². The highest BCUT2D eigenvalue weighted by molar-refractivity contribution is 7.99. The molecule has 0 amide bonds. The summed E-state index contributed by atoms with van der Waals surface area (Å²) < 4.78 is 0. The zero-order chi connectivity index (χ0) is 10.9. The van der Waals surface area contributed by atoms with E-state index in [0.717, 1.165) is 5.75 Å². The molecule has 0 aliphatic carbocycles. The molecule has 1 rings (SSSR count). The maximum absolute atomic E-state index is 9.32. The summed E-state index contributed by atoms with van der Waals surface area (Å²) in [6.07, 6.45) is 3.81. The van der Waals surface area contributed by atoms with Crippen LogP contribution in [0.1, 0.15) is 37.0 Å². The fourth-order valence-electron chi connectivity index (χ4n) is 1.50. The Kier molecular flexibility index (Phi) is 6.53. The molecule has 1 nitrogen and oxygen atoms in total. The number of thioether (sulfide) groups is 1. The first-order chi connectivity index (χ1) is 7.38. The number of aliphatic hydroxyl groups is 1. The van der Waals surface area contributed by atoms with E-state index in [2.05, 4.69) is 19.1 Å². The van der Waals surface area contributed by atoms with Gasteiger partial charge in [0.05, 0.1) is 11.9 Å². The molecule has 0 aromatic heterocycles. The summed E-state index contributed by atoms with van der Waals surface area (Å²) in [5.41, 5.74) is 1.24. The lowest BCUT2D eigenvalue weighted by molar-refractivity contribution is 0.296. The molecule has 1 atom stereocenters. The maximum Gasteiger partial charge on any atom is 0.0591 e. The molecule has 0 saturated carbocycles. The first kappa shape index (κ1) is 12.6. The quantitative estimate of drug-likeness (QED) is 0.713. The van der Waals surface area contributed by atoms with Gasteiger partial charge in [-0.05, 0) is 17.7 Å². The Labute approximate surface area is 96.9 Å². The number of hydrogen-bond donors (Lipinski definition) is 1. The SMILES string of the molecule is CCCCCSC(CO)c1ccccc1. The third-order valence-corrected chi connectivity index (χ3v) is 3.75. The van der Waals surface area contributed by atoms with Gasteiger partial charge >= 0.3 is 0 Å². The molecular weight excluding hydrogens is 204 g/mol. The predicted molar refractivity (Wildman–Crippen MR) is 68.3 cm³/mol. The smallest absolute Gasteiger partial charge is 0.0591 e. The first-order valence-electron chi connectivity index (χ1n) is 5.66. The minimum Gasteiger partial charge on any atom is -0.395 e. The molecule has 2 heteroatoms. The van der Waals surface area contributed by atoms with Gasteiger partial charge in [-0.3, -0.25) is 0 Å². The van der Waals surface area contributed by atoms with E-state index >= 15 is 0 Å². The Morgan fingerprint density at radius 3 is 2.53 bits per heavy atom. The Hall–Kier alpha value is -0.470. The van der Waals surface area contributed by atoms with E-state index in [9.17, 15) is 5.11 Å². The van der Waals surface area contributed by atoms with Gasteiger partial charge in [-0.25, -0.2) is 0 Å². The van der Waals surface area contributed by atoms with E-state index in [1.807, 2.05) is 30.0 Å². The average Bonchev–Trinajstić information content (AvgIpc) is 2.30. The van der Waals surface area contributed by atoms with Crippen molar-refractivity contribution in [3.05, 3.63) is 35.9 Å². The van der Waals surface area contributed by atoms with Gasteiger partial charge in [0.25, 0.3) is 0 Å². The van der Waals surface area contributed by atoms with Crippen LogP contribution in [0.25, 0.3) is 0 Å². The largest absolute Gasteiger partial charge is 0.395 e. The van der Waals surface area contributed by atoms with Crippen molar-refractivity contribution >= 4 is 11.8 Å². The van der Waals surface area contributed by atoms with Crippen molar-refractivity contribution in [3.63, 3.8) is 0 Å². The molecule has 1 unspecified atom stereocenters. The lowest BCUT2D eigenvalue weighted by atomic mass is 10.2. The molecule has 15 heavy (non-hydrogen) atoms. The molecule has 1 aromatic rings. The summed E-state index contributed by atoms with van der Waals surface area (Å²) in [6.45, 7) is 2.45. The van der Waals surface area contributed by atoms with Gasteiger partial charge in [0.1, 0.15) is 0 Å². The van der Waals surface area contributed by atoms with Crippen LogP contribution in [0.2, 0.25) is 0 Å². The summed E-state index contributed by atoms with van der Waals surface area (Å²) in [7, 11) is 0. The molecule has 1 N–H and O–H groups in total.